The van der Waals surface area contributed by atoms with E-state index in [0.717, 1.165) is 49.9 Å². The normalized spacial score (nSPS) is 20.0. The maximum absolute atomic E-state index is 12.3. The van der Waals surface area contributed by atoms with Crippen molar-refractivity contribution in [1.29, 1.82) is 0 Å². The molecule has 1 fully saturated rings. The number of nitrogens with one attached hydrogen (secondary N) is 1. The molecule has 0 spiro atoms. The van der Waals surface area contributed by atoms with E-state index in [4.69, 9.17) is 0 Å². The van der Waals surface area contributed by atoms with Gasteiger partial charge in [-0.2, -0.15) is 0 Å². The minimum absolute atomic E-state index is 0.0961. The molecule has 122 valence electrons. The maximum Gasteiger partial charge on any atom is 0.253 e. The predicted octanol–water partition coefficient (Wildman–Crippen LogP) is 2.90. The summed E-state index contributed by atoms with van der Waals surface area (Å²) in [5.74, 6) is 0.611. The number of nitrogens with zero attached hydrogens (tertiary/aromatic N) is 1. The van der Waals surface area contributed by atoms with Crippen LogP contribution in [0.25, 0.3) is 0 Å². The van der Waals surface area contributed by atoms with Gasteiger partial charge >= 0.3 is 0 Å². The third-order valence-corrected chi connectivity index (χ3v) is 4.64. The van der Waals surface area contributed by atoms with Crippen LogP contribution < -0.4 is 5.32 Å². The molecule has 0 aromatic heterocycles. The number of rotatable bonds is 5. The van der Waals surface area contributed by atoms with Gasteiger partial charge in [0.25, 0.3) is 5.91 Å². The summed E-state index contributed by atoms with van der Waals surface area (Å²) in [5, 5.41) is 2.96. The Morgan fingerprint density at radius 3 is 2.52 bits per heavy atom. The predicted molar refractivity (Wildman–Crippen MR) is 89.9 cm³/mol. The van der Waals surface area contributed by atoms with Gasteiger partial charge in [0.15, 0.2) is 0 Å². The third-order valence-electron chi connectivity index (χ3n) is 4.64. The lowest BCUT2D eigenvalue weighted by Gasteiger charge is -2.15. The number of hydrogen-bond acceptors (Lipinski definition) is 2. The Hall–Kier alpha value is -2.10. The molecule has 1 aliphatic carbocycles. The SMILES string of the molecule is O=C(C[C@H]1C=CCC1)NCc1ccc(C(=O)N2CCCC2)cc1. The highest BCUT2D eigenvalue weighted by Crippen LogP contribution is 2.20. The molecule has 2 aliphatic rings. The van der Waals surface area contributed by atoms with Gasteiger partial charge in [0, 0.05) is 31.6 Å². The second kappa shape index (κ2) is 7.44. The van der Waals surface area contributed by atoms with Crippen LogP contribution in [0.1, 0.15) is 48.0 Å². The molecule has 0 saturated carbocycles. The lowest BCUT2D eigenvalue weighted by atomic mass is 10.0. The van der Waals surface area contributed by atoms with Crippen LogP contribution in [0.15, 0.2) is 36.4 Å². The maximum atomic E-state index is 12.3. The highest BCUT2D eigenvalue weighted by atomic mass is 16.2. The zero-order valence-electron chi connectivity index (χ0n) is 13.5. The van der Waals surface area contributed by atoms with Gasteiger partial charge < -0.3 is 10.2 Å². The fraction of sp³-hybridized carbons (Fsp3) is 0.474. The molecular weight excluding hydrogens is 288 g/mol. The minimum Gasteiger partial charge on any atom is -0.352 e. The molecule has 1 aliphatic heterocycles. The van der Waals surface area contributed by atoms with Gasteiger partial charge in [-0.05, 0) is 49.3 Å². The fourth-order valence-corrected chi connectivity index (χ4v) is 3.24. The molecular formula is C19H24N2O2. The zero-order chi connectivity index (χ0) is 16.1. The molecule has 1 N–H and O–H groups in total. The standard InChI is InChI=1S/C19H24N2O2/c22-18(13-15-5-1-2-6-15)20-14-16-7-9-17(10-8-16)19(23)21-11-3-4-12-21/h1,5,7-10,15H,2-4,6,11-14H2,(H,20,22)/t15-/m0/s1. The minimum atomic E-state index is 0.0961. The van der Waals surface area contributed by atoms with Crippen LogP contribution in [0.4, 0.5) is 0 Å². The van der Waals surface area contributed by atoms with Gasteiger partial charge in [0.05, 0.1) is 0 Å². The fourth-order valence-electron chi connectivity index (χ4n) is 3.24. The van der Waals surface area contributed by atoms with E-state index in [-0.39, 0.29) is 11.8 Å². The van der Waals surface area contributed by atoms with E-state index in [1.165, 1.54) is 0 Å². The molecule has 2 amide bonds. The zero-order valence-corrected chi connectivity index (χ0v) is 13.5. The van der Waals surface area contributed by atoms with Gasteiger partial charge in [-0.1, -0.05) is 24.3 Å². The average Bonchev–Trinajstić information content (AvgIpc) is 3.26. The third kappa shape index (κ3) is 4.21. The molecule has 4 heteroatoms. The lowest BCUT2D eigenvalue weighted by Crippen LogP contribution is -2.27. The van der Waals surface area contributed by atoms with Crippen LogP contribution in [-0.4, -0.2) is 29.8 Å². The Labute approximate surface area is 137 Å². The van der Waals surface area contributed by atoms with Crippen molar-refractivity contribution in [2.75, 3.05) is 13.1 Å². The first-order valence-corrected chi connectivity index (χ1v) is 8.54. The van der Waals surface area contributed by atoms with Crippen molar-refractivity contribution >= 4 is 11.8 Å². The van der Waals surface area contributed by atoms with Gasteiger partial charge in [-0.3, -0.25) is 9.59 Å². The first-order valence-electron chi connectivity index (χ1n) is 8.54. The van der Waals surface area contributed by atoms with Gasteiger partial charge in [-0.15, -0.1) is 0 Å². The summed E-state index contributed by atoms with van der Waals surface area (Å²) >= 11 is 0. The average molecular weight is 312 g/mol. The molecule has 1 aromatic carbocycles. The molecule has 23 heavy (non-hydrogen) atoms. The van der Waals surface area contributed by atoms with E-state index in [1.807, 2.05) is 29.2 Å². The van der Waals surface area contributed by atoms with Gasteiger partial charge in [-0.25, -0.2) is 0 Å². The van der Waals surface area contributed by atoms with Crippen LogP contribution in [0.3, 0.4) is 0 Å². The van der Waals surface area contributed by atoms with Gasteiger partial charge in [0.1, 0.15) is 0 Å². The van der Waals surface area contributed by atoms with Crippen molar-refractivity contribution in [1.82, 2.24) is 10.2 Å². The number of allylic oxidation sites excluding steroid dienone is 2. The van der Waals surface area contributed by atoms with Crippen molar-refractivity contribution in [2.45, 2.75) is 38.6 Å². The number of amides is 2. The van der Waals surface area contributed by atoms with Crippen LogP contribution in [-0.2, 0) is 11.3 Å². The Morgan fingerprint density at radius 1 is 1.13 bits per heavy atom. The van der Waals surface area contributed by atoms with Crippen LogP contribution in [0.5, 0.6) is 0 Å². The van der Waals surface area contributed by atoms with E-state index in [0.29, 0.717) is 18.9 Å². The van der Waals surface area contributed by atoms with Crippen LogP contribution in [0.2, 0.25) is 0 Å². The van der Waals surface area contributed by atoms with E-state index in [9.17, 15) is 9.59 Å². The summed E-state index contributed by atoms with van der Waals surface area (Å²) < 4.78 is 0. The van der Waals surface area contributed by atoms with E-state index in [1.54, 1.807) is 0 Å². The second-order valence-corrected chi connectivity index (χ2v) is 6.44. The molecule has 1 atom stereocenters. The van der Waals surface area contributed by atoms with E-state index >= 15 is 0 Å². The molecule has 1 saturated heterocycles. The molecule has 0 unspecified atom stereocenters. The molecule has 0 bridgehead atoms. The molecule has 1 aromatic rings. The number of likely N-dealkylation sites (tertiary alicyclic amines) is 1. The number of benzene rings is 1. The van der Waals surface area contributed by atoms with Crippen molar-refractivity contribution in [2.24, 2.45) is 5.92 Å². The summed E-state index contributed by atoms with van der Waals surface area (Å²) in [6, 6.07) is 7.59. The lowest BCUT2D eigenvalue weighted by molar-refractivity contribution is -0.121. The van der Waals surface area contributed by atoms with E-state index < -0.39 is 0 Å². The van der Waals surface area contributed by atoms with E-state index in [2.05, 4.69) is 17.5 Å². The van der Waals surface area contributed by atoms with Crippen molar-refractivity contribution in [3.63, 3.8) is 0 Å². The van der Waals surface area contributed by atoms with Crippen LogP contribution >= 0.6 is 0 Å². The van der Waals surface area contributed by atoms with Crippen molar-refractivity contribution in [3.8, 4) is 0 Å². The monoisotopic (exact) mass is 312 g/mol. The summed E-state index contributed by atoms with van der Waals surface area (Å²) in [6.07, 6.45) is 9.23. The molecule has 3 rings (SSSR count). The number of carbonyl (C=O) groups excluding carboxylic acids is 2. The molecule has 1 heterocycles. The quantitative estimate of drug-likeness (QED) is 0.850. The Morgan fingerprint density at radius 2 is 1.87 bits per heavy atom. The largest absolute Gasteiger partial charge is 0.352 e. The summed E-state index contributed by atoms with van der Waals surface area (Å²) in [5.41, 5.74) is 1.76. The van der Waals surface area contributed by atoms with Gasteiger partial charge in [0.2, 0.25) is 5.91 Å². The first-order chi connectivity index (χ1) is 11.2. The van der Waals surface area contributed by atoms with Crippen molar-refractivity contribution in [3.05, 3.63) is 47.5 Å². The number of hydrogen-bond donors (Lipinski definition) is 1. The summed E-state index contributed by atoms with van der Waals surface area (Å²) in [4.78, 5) is 26.1. The topological polar surface area (TPSA) is 49.4 Å². The molecule has 0 radical (unpaired) electrons. The smallest absolute Gasteiger partial charge is 0.253 e. The molecule has 4 nitrogen and oxygen atoms in total. The van der Waals surface area contributed by atoms with Crippen molar-refractivity contribution < 1.29 is 9.59 Å². The summed E-state index contributed by atoms with van der Waals surface area (Å²) in [7, 11) is 0. The Bertz CT molecular complexity index is 586. The second-order valence-electron chi connectivity index (χ2n) is 6.44. The highest BCUT2D eigenvalue weighted by Gasteiger charge is 2.19. The Balaban J connectivity index is 1.48. The number of carbonyl (C=O) groups is 2. The highest BCUT2D eigenvalue weighted by molar-refractivity contribution is 5.94. The Kier molecular flexibility index (Phi) is 5.11. The summed E-state index contributed by atoms with van der Waals surface area (Å²) in [6.45, 7) is 2.26. The van der Waals surface area contributed by atoms with Crippen LogP contribution in [0, 0.1) is 5.92 Å². The first kappa shape index (κ1) is 15.8.